The topological polar surface area (TPSA) is 52.7 Å². The molecule has 2 unspecified atom stereocenters. The molecule has 0 radical (unpaired) electrons. The minimum absolute atomic E-state index is 0.0177. The molecule has 0 aliphatic carbocycles. The maximum atomic E-state index is 13.1. The van der Waals surface area contributed by atoms with E-state index in [0.717, 1.165) is 31.6 Å². The van der Waals surface area contributed by atoms with Crippen molar-refractivity contribution in [3.05, 3.63) is 35.4 Å². The van der Waals surface area contributed by atoms with Gasteiger partial charge < -0.3 is 15.1 Å². The molecule has 2 saturated heterocycles. The van der Waals surface area contributed by atoms with Gasteiger partial charge in [0.15, 0.2) is 0 Å². The molecule has 2 aliphatic rings. The van der Waals surface area contributed by atoms with Gasteiger partial charge >= 0.3 is 0 Å². The summed E-state index contributed by atoms with van der Waals surface area (Å²) in [5, 5.41) is 3.14. The summed E-state index contributed by atoms with van der Waals surface area (Å²) >= 11 is 1.71. The normalized spacial score (nSPS) is 23.4. The van der Waals surface area contributed by atoms with Crippen LogP contribution in [0.1, 0.15) is 48.5 Å². The Hall–Kier alpha value is -1.53. The Morgan fingerprint density at radius 3 is 2.52 bits per heavy atom. The summed E-state index contributed by atoms with van der Waals surface area (Å²) < 4.78 is 0. The lowest BCUT2D eigenvalue weighted by molar-refractivity contribution is -0.124. The molecule has 0 bridgehead atoms. The Bertz CT molecular complexity index is 643. The first-order valence-electron chi connectivity index (χ1n) is 10.1. The van der Waals surface area contributed by atoms with Crippen LogP contribution in [0.2, 0.25) is 0 Å². The number of nitrogens with one attached hydrogen (secondary N) is 1. The SMILES string of the molecule is CCC1SCC(C(=O)NCCN2CCCCC2)N1C(=O)c1ccc(C)cc1. The molecule has 3 rings (SSSR count). The molecule has 1 aromatic rings. The quantitative estimate of drug-likeness (QED) is 0.813. The number of hydrogen-bond donors (Lipinski definition) is 1. The molecule has 2 fully saturated rings. The van der Waals surface area contributed by atoms with E-state index in [2.05, 4.69) is 17.1 Å². The van der Waals surface area contributed by atoms with Gasteiger partial charge in [0, 0.05) is 24.4 Å². The van der Waals surface area contributed by atoms with Crippen molar-refractivity contribution in [1.29, 1.82) is 0 Å². The number of rotatable bonds is 6. The van der Waals surface area contributed by atoms with E-state index in [4.69, 9.17) is 0 Å². The summed E-state index contributed by atoms with van der Waals surface area (Å²) in [7, 11) is 0. The molecular formula is C21H31N3O2S. The third kappa shape index (κ3) is 5.05. The third-order valence-electron chi connectivity index (χ3n) is 5.45. The summed E-state index contributed by atoms with van der Waals surface area (Å²) in [6.45, 7) is 7.89. The minimum atomic E-state index is -0.380. The molecule has 27 heavy (non-hydrogen) atoms. The number of amides is 2. The molecule has 2 aliphatic heterocycles. The van der Waals surface area contributed by atoms with Crippen LogP contribution in [0.25, 0.3) is 0 Å². The molecule has 2 amide bonds. The molecule has 6 heteroatoms. The minimum Gasteiger partial charge on any atom is -0.353 e. The van der Waals surface area contributed by atoms with E-state index in [-0.39, 0.29) is 23.2 Å². The highest BCUT2D eigenvalue weighted by molar-refractivity contribution is 8.00. The highest BCUT2D eigenvalue weighted by atomic mass is 32.2. The Morgan fingerprint density at radius 1 is 1.15 bits per heavy atom. The van der Waals surface area contributed by atoms with Crippen molar-refractivity contribution < 1.29 is 9.59 Å². The molecule has 2 atom stereocenters. The fraction of sp³-hybridized carbons (Fsp3) is 0.619. The Kier molecular flexibility index (Phi) is 7.19. The lowest BCUT2D eigenvalue weighted by Crippen LogP contribution is -2.50. The van der Waals surface area contributed by atoms with Crippen LogP contribution in [0.3, 0.4) is 0 Å². The van der Waals surface area contributed by atoms with Crippen molar-refractivity contribution in [2.75, 3.05) is 31.9 Å². The van der Waals surface area contributed by atoms with E-state index in [1.807, 2.05) is 31.2 Å². The third-order valence-corrected chi connectivity index (χ3v) is 6.91. The van der Waals surface area contributed by atoms with Crippen LogP contribution >= 0.6 is 11.8 Å². The first kappa shape index (κ1) is 20.2. The first-order chi connectivity index (χ1) is 13.1. The van der Waals surface area contributed by atoms with E-state index in [0.29, 0.717) is 17.9 Å². The predicted octanol–water partition coefficient (Wildman–Crippen LogP) is 2.89. The summed E-state index contributed by atoms with van der Waals surface area (Å²) in [4.78, 5) is 30.1. The van der Waals surface area contributed by atoms with Gasteiger partial charge in [0.1, 0.15) is 6.04 Å². The van der Waals surface area contributed by atoms with Gasteiger partial charge in [0.25, 0.3) is 5.91 Å². The van der Waals surface area contributed by atoms with Crippen LogP contribution in [-0.4, -0.2) is 65.0 Å². The number of likely N-dealkylation sites (tertiary alicyclic amines) is 1. The van der Waals surface area contributed by atoms with Crippen molar-refractivity contribution >= 4 is 23.6 Å². The second-order valence-electron chi connectivity index (χ2n) is 7.48. The van der Waals surface area contributed by atoms with Crippen LogP contribution in [0, 0.1) is 6.92 Å². The van der Waals surface area contributed by atoms with Gasteiger partial charge in [-0.05, 0) is 51.4 Å². The zero-order chi connectivity index (χ0) is 19.2. The number of carbonyl (C=O) groups excluding carboxylic acids is 2. The standard InChI is InChI=1S/C21H31N3O2S/c1-3-19-24(21(26)17-9-7-16(2)8-10-17)18(15-27-19)20(25)22-11-14-23-12-5-4-6-13-23/h7-10,18-19H,3-6,11-15H2,1-2H3,(H,22,25). The number of piperidine rings is 1. The summed E-state index contributed by atoms with van der Waals surface area (Å²) in [5.74, 6) is 0.616. The maximum Gasteiger partial charge on any atom is 0.255 e. The summed E-state index contributed by atoms with van der Waals surface area (Å²) in [6, 6.07) is 7.24. The number of benzene rings is 1. The van der Waals surface area contributed by atoms with E-state index in [1.165, 1.54) is 19.3 Å². The van der Waals surface area contributed by atoms with E-state index < -0.39 is 0 Å². The van der Waals surface area contributed by atoms with Gasteiger partial charge in [-0.1, -0.05) is 31.0 Å². The fourth-order valence-corrected chi connectivity index (χ4v) is 5.19. The predicted molar refractivity (Wildman–Crippen MR) is 111 cm³/mol. The lowest BCUT2D eigenvalue weighted by atomic mass is 10.1. The van der Waals surface area contributed by atoms with Gasteiger partial charge in [-0.3, -0.25) is 9.59 Å². The summed E-state index contributed by atoms with van der Waals surface area (Å²) in [6.07, 6.45) is 4.67. The number of aryl methyl sites for hydroxylation is 1. The molecule has 0 saturated carbocycles. The van der Waals surface area contributed by atoms with Crippen LogP contribution in [0.4, 0.5) is 0 Å². The van der Waals surface area contributed by atoms with E-state index >= 15 is 0 Å². The first-order valence-corrected chi connectivity index (χ1v) is 11.2. The number of carbonyl (C=O) groups is 2. The van der Waals surface area contributed by atoms with Crippen LogP contribution in [0.15, 0.2) is 24.3 Å². The van der Waals surface area contributed by atoms with Crippen molar-refractivity contribution in [2.45, 2.75) is 50.9 Å². The highest BCUT2D eigenvalue weighted by Crippen LogP contribution is 2.32. The monoisotopic (exact) mass is 389 g/mol. The smallest absolute Gasteiger partial charge is 0.255 e. The Balaban J connectivity index is 1.61. The van der Waals surface area contributed by atoms with E-state index in [9.17, 15) is 9.59 Å². The molecule has 1 N–H and O–H groups in total. The van der Waals surface area contributed by atoms with Crippen molar-refractivity contribution in [3.63, 3.8) is 0 Å². The molecule has 148 valence electrons. The Morgan fingerprint density at radius 2 is 1.85 bits per heavy atom. The van der Waals surface area contributed by atoms with Gasteiger partial charge in [0.05, 0.1) is 5.37 Å². The summed E-state index contributed by atoms with van der Waals surface area (Å²) in [5.41, 5.74) is 1.79. The van der Waals surface area contributed by atoms with Gasteiger partial charge in [-0.25, -0.2) is 0 Å². The number of thioether (sulfide) groups is 1. The van der Waals surface area contributed by atoms with Crippen LogP contribution in [0.5, 0.6) is 0 Å². The zero-order valence-corrected chi connectivity index (χ0v) is 17.3. The van der Waals surface area contributed by atoms with Gasteiger partial charge in [-0.15, -0.1) is 11.8 Å². The maximum absolute atomic E-state index is 13.1. The second-order valence-corrected chi connectivity index (χ2v) is 8.69. The van der Waals surface area contributed by atoms with Crippen molar-refractivity contribution in [2.24, 2.45) is 0 Å². The Labute approximate surface area is 166 Å². The average molecular weight is 390 g/mol. The molecular weight excluding hydrogens is 358 g/mol. The molecule has 2 heterocycles. The van der Waals surface area contributed by atoms with Crippen LogP contribution in [-0.2, 0) is 4.79 Å². The van der Waals surface area contributed by atoms with Gasteiger partial charge in [-0.2, -0.15) is 0 Å². The molecule has 5 nitrogen and oxygen atoms in total. The van der Waals surface area contributed by atoms with Crippen LogP contribution < -0.4 is 5.32 Å². The van der Waals surface area contributed by atoms with Gasteiger partial charge in [0.2, 0.25) is 5.91 Å². The zero-order valence-electron chi connectivity index (χ0n) is 16.4. The second kappa shape index (κ2) is 9.60. The molecule has 1 aromatic carbocycles. The number of hydrogen-bond acceptors (Lipinski definition) is 4. The largest absolute Gasteiger partial charge is 0.353 e. The average Bonchev–Trinajstić information content (AvgIpc) is 3.13. The molecule has 0 aromatic heterocycles. The van der Waals surface area contributed by atoms with Crippen molar-refractivity contribution in [1.82, 2.24) is 15.1 Å². The highest BCUT2D eigenvalue weighted by Gasteiger charge is 2.40. The number of nitrogens with zero attached hydrogens (tertiary/aromatic N) is 2. The fourth-order valence-electron chi connectivity index (χ4n) is 3.84. The van der Waals surface area contributed by atoms with Crippen molar-refractivity contribution in [3.8, 4) is 0 Å². The lowest BCUT2D eigenvalue weighted by Gasteiger charge is -2.29. The van der Waals surface area contributed by atoms with E-state index in [1.54, 1.807) is 16.7 Å². The molecule has 0 spiro atoms.